The molecule has 4 amide bonds. The molecule has 420 valence electrons. The van der Waals surface area contributed by atoms with Gasteiger partial charge in [0.1, 0.15) is 29.9 Å². The minimum Gasteiger partial charge on any atom is -0.453 e. The lowest BCUT2D eigenvalue weighted by molar-refractivity contribution is -0.138. The van der Waals surface area contributed by atoms with Crippen LogP contribution in [0.2, 0.25) is 0 Å². The van der Waals surface area contributed by atoms with Gasteiger partial charge in [-0.25, -0.2) is 43.1 Å². The number of hydrogen-bond donors (Lipinski definition) is 8. The van der Waals surface area contributed by atoms with Gasteiger partial charge in [0.05, 0.1) is 26.0 Å². The molecule has 4 fully saturated rings. The van der Waals surface area contributed by atoms with Crippen molar-refractivity contribution in [1.82, 2.24) is 63.8 Å². The number of imidazole rings is 2. The number of rotatable bonds is 12. The third-order valence-corrected chi connectivity index (χ3v) is 14.7. The predicted molar refractivity (Wildman–Crippen MR) is 277 cm³/mol. The number of nitrogen functional groups attached to an aromatic ring is 1. The van der Waals surface area contributed by atoms with Gasteiger partial charge in [0.2, 0.25) is 21.7 Å². The van der Waals surface area contributed by atoms with E-state index in [0.717, 1.165) is 31.9 Å². The number of hydrogen-bond acceptors (Lipinski definition) is 21. The quantitative estimate of drug-likeness (QED) is 0.0761. The lowest BCUT2D eigenvalue weighted by Gasteiger charge is -2.31. The highest BCUT2D eigenvalue weighted by atomic mass is 32.2. The molecule has 4 saturated heterocycles. The predicted octanol–water partition coefficient (Wildman–Crippen LogP) is -1.34. The maximum atomic E-state index is 12.5. The summed E-state index contributed by atoms with van der Waals surface area (Å²) >= 11 is 0. The average molecular weight is 1100 g/mol. The minimum absolute atomic E-state index is 0. The average Bonchev–Trinajstić information content (AvgIpc) is 4.18. The van der Waals surface area contributed by atoms with Crippen molar-refractivity contribution in [2.24, 2.45) is 5.92 Å². The molecule has 28 nitrogen and oxygen atoms in total. The largest absolute Gasteiger partial charge is 0.453 e. The number of anilines is 2. The minimum atomic E-state index is -3.33. The Bertz CT molecular complexity index is 2990. The molecule has 29 heteroatoms. The first-order valence-corrected chi connectivity index (χ1v) is 26.8. The summed E-state index contributed by atoms with van der Waals surface area (Å²) < 4.78 is 43.6. The van der Waals surface area contributed by atoms with Crippen molar-refractivity contribution in [1.29, 1.82) is 0 Å². The van der Waals surface area contributed by atoms with Crippen LogP contribution in [0.5, 0.6) is 0 Å². The number of likely N-dealkylation sites (N-methyl/N-ethyl adjacent to an activating group) is 2. The Morgan fingerprint density at radius 1 is 0.753 bits per heavy atom. The maximum Gasteiger partial charge on any atom is 0.409 e. The summed E-state index contributed by atoms with van der Waals surface area (Å²) in [5.74, 6) is 10.7. The molecule has 2 unspecified atom stereocenters. The molecule has 0 bridgehead atoms. The van der Waals surface area contributed by atoms with Crippen molar-refractivity contribution in [3.63, 3.8) is 0 Å². The number of aliphatic hydroxyl groups is 4. The van der Waals surface area contributed by atoms with E-state index in [1.165, 1.54) is 38.1 Å². The number of piperazine rings is 1. The Hall–Kier alpha value is -6.83. The molecule has 8 rings (SSSR count). The van der Waals surface area contributed by atoms with Gasteiger partial charge in [0.25, 0.3) is 17.7 Å². The summed E-state index contributed by atoms with van der Waals surface area (Å²) in [7, 11) is -1.94. The Morgan fingerprint density at radius 3 is 1.78 bits per heavy atom. The molecular weight excluding hydrogens is 1030 g/mol. The first-order valence-electron chi connectivity index (χ1n) is 25.0. The summed E-state index contributed by atoms with van der Waals surface area (Å²) in [5.41, 5.74) is 7.12. The van der Waals surface area contributed by atoms with Crippen molar-refractivity contribution in [2.45, 2.75) is 122 Å². The van der Waals surface area contributed by atoms with Gasteiger partial charge in [-0.3, -0.25) is 23.5 Å². The van der Waals surface area contributed by atoms with Crippen molar-refractivity contribution in [2.75, 3.05) is 76.8 Å². The van der Waals surface area contributed by atoms with E-state index in [2.05, 4.69) is 83.4 Å². The number of sulfonamides is 1. The summed E-state index contributed by atoms with van der Waals surface area (Å²) in [5, 5.41) is 50.7. The molecule has 0 aromatic carbocycles. The first-order chi connectivity index (χ1) is 36.3. The highest BCUT2D eigenvalue weighted by molar-refractivity contribution is 7.88. The van der Waals surface area contributed by atoms with Gasteiger partial charge >= 0.3 is 6.09 Å². The number of nitrogens with one attached hydrogen (secondary N) is 3. The first kappa shape index (κ1) is 59.4. The van der Waals surface area contributed by atoms with E-state index in [1.54, 1.807) is 18.7 Å². The molecule has 0 spiro atoms. The number of amides is 4. The topological polar surface area (TPSA) is 370 Å². The molecular formula is C48H69N15O13S. The third-order valence-electron chi connectivity index (χ3n) is 13.4. The molecule has 4 aromatic rings. The molecule has 4 aliphatic rings. The second-order valence-corrected chi connectivity index (χ2v) is 20.4. The second-order valence-electron chi connectivity index (χ2n) is 18.4. The molecule has 4 aromatic heterocycles. The molecule has 8 heterocycles. The van der Waals surface area contributed by atoms with E-state index in [4.69, 9.17) is 19.9 Å². The number of likely N-dealkylation sites (tertiary alicyclic amines) is 1. The van der Waals surface area contributed by atoms with E-state index in [-0.39, 0.29) is 74.4 Å². The number of methoxy groups -OCH3 is 1. The molecule has 4 aliphatic heterocycles. The van der Waals surface area contributed by atoms with Crippen molar-refractivity contribution in [3.8, 4) is 23.7 Å². The van der Waals surface area contributed by atoms with Gasteiger partial charge in [0, 0.05) is 70.7 Å². The van der Waals surface area contributed by atoms with Crippen LogP contribution >= 0.6 is 0 Å². The monoisotopic (exact) mass is 1100 g/mol. The van der Waals surface area contributed by atoms with Crippen molar-refractivity contribution < 1.29 is 62.2 Å². The number of aromatic nitrogens is 8. The smallest absolute Gasteiger partial charge is 0.409 e. The van der Waals surface area contributed by atoms with Crippen LogP contribution in [0.1, 0.15) is 91.3 Å². The molecule has 0 radical (unpaired) electrons. The van der Waals surface area contributed by atoms with E-state index in [9.17, 15) is 48.0 Å². The normalized spacial score (nSPS) is 23.7. The lowest BCUT2D eigenvalue weighted by atomic mass is 9.94. The number of fused-ring (bicyclic) bond motifs is 2. The zero-order chi connectivity index (χ0) is 55.0. The van der Waals surface area contributed by atoms with Crippen LogP contribution < -0.4 is 21.7 Å². The van der Waals surface area contributed by atoms with E-state index in [1.807, 2.05) is 0 Å². The number of ether oxygens (including phenoxy) is 3. The SMILES string of the molecule is C.CCNC(=O)[C@H]1O[C@@H](n2cnc3c(N)nc(C#CC(=O)N4CCN(S(C)(=O)=O)CC4)nc32)[C@@H](O)C1O.CCNC(=O)[C@H]1O[C@@H](n2cnc3c(NC(CC)CC)nc(C#CCC4CCN(C(=O)OC)CC4)nc32)[C@@H](O)C1O. The van der Waals surface area contributed by atoms with Crippen LogP contribution in [0.25, 0.3) is 22.3 Å². The van der Waals surface area contributed by atoms with Gasteiger partial charge < -0.3 is 66.1 Å². The van der Waals surface area contributed by atoms with E-state index >= 15 is 0 Å². The number of carbonyl (C=O) groups excluding carboxylic acids is 4. The fourth-order valence-corrected chi connectivity index (χ4v) is 9.85. The van der Waals surface area contributed by atoms with Crippen LogP contribution in [0.3, 0.4) is 0 Å². The highest BCUT2D eigenvalue weighted by Crippen LogP contribution is 2.34. The fourth-order valence-electron chi connectivity index (χ4n) is 9.02. The third kappa shape index (κ3) is 13.5. The van der Waals surface area contributed by atoms with E-state index in [0.29, 0.717) is 55.5 Å². The van der Waals surface area contributed by atoms with Crippen LogP contribution in [-0.2, 0) is 38.6 Å². The molecule has 9 N–H and O–H groups in total. The molecule has 0 aliphatic carbocycles. The number of carbonyl (C=O) groups is 4. The standard InChI is InChI=1S/C27H39N7O6.C20H26N8O7S.CH4/c1-5-17(6-2)30-23-19-24(34(15-29-19)26-21(36)20(35)22(40-26)25(37)28-7-3)32-18(31-23)10-8-9-16-11-13-33(14-12-16)27(38)39-4;1-3-22-19(32)16-14(30)15(31)20(35-16)28-10-23-13-17(21)24-11(25-18(13)28)4-5-12(29)26-6-8-27(9-7-26)36(2,33)34;/h15-17,20-22,26,35-36H,5-7,9,11-14H2,1-4H3,(H,28,37)(H,30,31,32);10,14-16,20,30-31H,3,6-9H2,1-2H3,(H,22,32)(H2,21,24,25);1H4/t20?,21-,22-,26+;14?,15-,16-,20+;/m00./s1. The van der Waals surface area contributed by atoms with E-state index < -0.39 is 76.8 Å². The van der Waals surface area contributed by atoms with Crippen LogP contribution in [0.4, 0.5) is 16.4 Å². The molecule has 8 atom stereocenters. The summed E-state index contributed by atoms with van der Waals surface area (Å²) in [4.78, 5) is 78.1. The van der Waals surface area contributed by atoms with Gasteiger partial charge in [0.15, 0.2) is 53.1 Å². The fraction of sp³-hybridized carbons (Fsp3) is 0.625. The molecule has 0 saturated carbocycles. The van der Waals surface area contributed by atoms with Gasteiger partial charge in [-0.05, 0) is 57.3 Å². The Kier molecular flexibility index (Phi) is 20.1. The zero-order valence-corrected chi connectivity index (χ0v) is 43.8. The van der Waals surface area contributed by atoms with Crippen LogP contribution in [-0.4, -0.2) is 214 Å². The number of nitrogens with zero attached hydrogens (tertiary/aromatic N) is 11. The lowest BCUT2D eigenvalue weighted by Crippen LogP contribution is -2.50. The van der Waals surface area contributed by atoms with Crippen LogP contribution in [0, 0.1) is 29.6 Å². The van der Waals surface area contributed by atoms with Crippen molar-refractivity contribution in [3.05, 3.63) is 24.3 Å². The zero-order valence-electron chi connectivity index (χ0n) is 43.0. The molecule has 77 heavy (non-hydrogen) atoms. The Labute approximate surface area is 445 Å². The summed E-state index contributed by atoms with van der Waals surface area (Å²) in [6.07, 6.45) is -2.94. The van der Waals surface area contributed by atoms with Gasteiger partial charge in [-0.1, -0.05) is 27.2 Å². The maximum absolute atomic E-state index is 12.5. The summed E-state index contributed by atoms with van der Waals surface area (Å²) in [6.45, 7) is 10.3. The Balaban J connectivity index is 0.000000248. The number of nitrogens with two attached hydrogens (primary N) is 1. The Morgan fingerprint density at radius 2 is 1.27 bits per heavy atom. The van der Waals surface area contributed by atoms with Gasteiger partial charge in [-0.15, -0.1) is 0 Å². The number of aliphatic hydroxyl groups excluding tert-OH is 4. The van der Waals surface area contributed by atoms with Gasteiger partial charge in [-0.2, -0.15) is 4.31 Å². The second kappa shape index (κ2) is 26.0. The summed E-state index contributed by atoms with van der Waals surface area (Å²) in [6, 6.07) is 0.154. The van der Waals surface area contributed by atoms with Crippen LogP contribution in [0.15, 0.2) is 12.7 Å². The van der Waals surface area contributed by atoms with Crippen molar-refractivity contribution >= 4 is 67.8 Å². The highest BCUT2D eigenvalue weighted by Gasteiger charge is 2.49. The number of piperidine rings is 1.